The SMILES string of the molecule is C.CN.Cc1ncc2c(n1)CNC2. The van der Waals surface area contributed by atoms with E-state index in [4.69, 9.17) is 0 Å². The summed E-state index contributed by atoms with van der Waals surface area (Å²) in [5.41, 5.74) is 6.90. The van der Waals surface area contributed by atoms with E-state index in [9.17, 15) is 0 Å². The molecule has 0 bridgehead atoms. The molecule has 1 aliphatic rings. The van der Waals surface area contributed by atoms with Gasteiger partial charge in [0, 0.05) is 24.8 Å². The summed E-state index contributed by atoms with van der Waals surface area (Å²) in [6, 6.07) is 0. The number of fused-ring (bicyclic) bond motifs is 1. The average molecular weight is 182 g/mol. The number of rotatable bonds is 0. The van der Waals surface area contributed by atoms with Crippen LogP contribution < -0.4 is 11.1 Å². The Morgan fingerprint density at radius 1 is 1.38 bits per heavy atom. The summed E-state index contributed by atoms with van der Waals surface area (Å²) in [7, 11) is 1.50. The summed E-state index contributed by atoms with van der Waals surface area (Å²) in [4.78, 5) is 8.38. The fraction of sp³-hybridized carbons (Fsp3) is 0.556. The lowest BCUT2D eigenvalue weighted by Crippen LogP contribution is -2.00. The number of aryl methyl sites for hydroxylation is 1. The highest BCUT2D eigenvalue weighted by Gasteiger charge is 2.10. The summed E-state index contributed by atoms with van der Waals surface area (Å²) in [6.07, 6.45) is 1.90. The summed E-state index contributed by atoms with van der Waals surface area (Å²) < 4.78 is 0. The molecule has 0 radical (unpaired) electrons. The van der Waals surface area contributed by atoms with Crippen molar-refractivity contribution in [3.8, 4) is 0 Å². The second kappa shape index (κ2) is 5.61. The van der Waals surface area contributed by atoms with E-state index in [-0.39, 0.29) is 7.43 Å². The van der Waals surface area contributed by atoms with Crippen molar-refractivity contribution < 1.29 is 0 Å². The molecule has 4 heteroatoms. The van der Waals surface area contributed by atoms with Gasteiger partial charge in [-0.15, -0.1) is 0 Å². The lowest BCUT2D eigenvalue weighted by atomic mass is 10.3. The van der Waals surface area contributed by atoms with Crippen LogP contribution in [0.4, 0.5) is 0 Å². The maximum absolute atomic E-state index is 4.50. The van der Waals surface area contributed by atoms with Crippen LogP contribution in [-0.4, -0.2) is 17.0 Å². The normalized spacial score (nSPS) is 12.2. The maximum Gasteiger partial charge on any atom is 0.125 e. The number of hydrogen-bond donors (Lipinski definition) is 2. The van der Waals surface area contributed by atoms with Crippen LogP contribution in [0.15, 0.2) is 6.20 Å². The van der Waals surface area contributed by atoms with Gasteiger partial charge >= 0.3 is 0 Å². The number of nitrogens with zero attached hydrogens (tertiary/aromatic N) is 2. The van der Waals surface area contributed by atoms with Crippen molar-refractivity contribution in [1.82, 2.24) is 15.3 Å². The van der Waals surface area contributed by atoms with Gasteiger partial charge < -0.3 is 11.1 Å². The topological polar surface area (TPSA) is 63.8 Å². The van der Waals surface area contributed by atoms with Gasteiger partial charge in [0.1, 0.15) is 5.82 Å². The fourth-order valence-corrected chi connectivity index (χ4v) is 1.16. The molecule has 3 N–H and O–H groups in total. The predicted molar refractivity (Wildman–Crippen MR) is 54.2 cm³/mol. The monoisotopic (exact) mass is 182 g/mol. The first-order chi connectivity index (χ1) is 5.86. The van der Waals surface area contributed by atoms with Crippen LogP contribution in [0.3, 0.4) is 0 Å². The van der Waals surface area contributed by atoms with Gasteiger partial charge in [0.05, 0.1) is 5.69 Å². The smallest absolute Gasteiger partial charge is 0.125 e. The van der Waals surface area contributed by atoms with Crippen LogP contribution in [0.25, 0.3) is 0 Å². The number of aromatic nitrogens is 2. The number of nitrogens with one attached hydrogen (secondary N) is 1. The molecule has 2 heterocycles. The van der Waals surface area contributed by atoms with Crippen molar-refractivity contribution in [3.05, 3.63) is 23.3 Å². The number of nitrogens with two attached hydrogens (primary N) is 1. The van der Waals surface area contributed by atoms with E-state index in [0.717, 1.165) is 24.6 Å². The largest absolute Gasteiger partial charge is 0.333 e. The lowest BCUT2D eigenvalue weighted by molar-refractivity contribution is 0.757. The van der Waals surface area contributed by atoms with Gasteiger partial charge in [-0.25, -0.2) is 9.97 Å². The molecule has 4 nitrogen and oxygen atoms in total. The van der Waals surface area contributed by atoms with Crippen molar-refractivity contribution >= 4 is 0 Å². The molecular weight excluding hydrogens is 164 g/mol. The van der Waals surface area contributed by atoms with Crippen molar-refractivity contribution in [3.63, 3.8) is 0 Å². The minimum atomic E-state index is 0. The van der Waals surface area contributed by atoms with E-state index in [2.05, 4.69) is 21.0 Å². The molecule has 1 aliphatic heterocycles. The molecule has 0 saturated heterocycles. The molecule has 0 unspecified atom stereocenters. The Bertz CT molecular complexity index is 260. The van der Waals surface area contributed by atoms with Crippen LogP contribution >= 0.6 is 0 Å². The minimum Gasteiger partial charge on any atom is -0.333 e. The third kappa shape index (κ3) is 2.75. The summed E-state index contributed by atoms with van der Waals surface area (Å²) >= 11 is 0. The zero-order valence-corrected chi connectivity index (χ0v) is 7.46. The fourth-order valence-electron chi connectivity index (χ4n) is 1.16. The zero-order chi connectivity index (χ0) is 8.97. The molecule has 74 valence electrons. The van der Waals surface area contributed by atoms with Gasteiger partial charge in [-0.3, -0.25) is 0 Å². The molecule has 2 rings (SSSR count). The Hall–Kier alpha value is -1.00. The molecule has 0 amide bonds. The first-order valence-corrected chi connectivity index (χ1v) is 3.96. The van der Waals surface area contributed by atoms with Crippen molar-refractivity contribution in [1.29, 1.82) is 0 Å². The second-order valence-electron chi connectivity index (χ2n) is 2.49. The third-order valence-electron chi connectivity index (χ3n) is 1.68. The van der Waals surface area contributed by atoms with Crippen LogP contribution in [0, 0.1) is 6.92 Å². The summed E-state index contributed by atoms with van der Waals surface area (Å²) in [6.45, 7) is 3.74. The van der Waals surface area contributed by atoms with Gasteiger partial charge in [0.15, 0.2) is 0 Å². The van der Waals surface area contributed by atoms with Crippen LogP contribution in [0.5, 0.6) is 0 Å². The molecule has 0 atom stereocenters. The molecule has 0 fully saturated rings. The van der Waals surface area contributed by atoms with E-state index >= 15 is 0 Å². The molecule has 1 aromatic rings. The summed E-state index contributed by atoms with van der Waals surface area (Å²) in [5.74, 6) is 0.863. The van der Waals surface area contributed by atoms with Gasteiger partial charge in [-0.05, 0) is 14.0 Å². The van der Waals surface area contributed by atoms with E-state index in [1.807, 2.05) is 13.1 Å². The Morgan fingerprint density at radius 2 is 2.08 bits per heavy atom. The molecule has 0 spiro atoms. The molecule has 0 aromatic carbocycles. The quantitative estimate of drug-likeness (QED) is 0.616. The highest BCUT2D eigenvalue weighted by molar-refractivity contribution is 5.20. The first kappa shape index (κ1) is 12.0. The van der Waals surface area contributed by atoms with Gasteiger partial charge in [0.25, 0.3) is 0 Å². The van der Waals surface area contributed by atoms with Crippen molar-refractivity contribution in [2.45, 2.75) is 27.4 Å². The van der Waals surface area contributed by atoms with Crippen LogP contribution in [0.2, 0.25) is 0 Å². The van der Waals surface area contributed by atoms with E-state index in [1.165, 1.54) is 12.6 Å². The molecule has 0 saturated carbocycles. The Balaban J connectivity index is 0.000000451. The van der Waals surface area contributed by atoms with E-state index < -0.39 is 0 Å². The highest BCUT2D eigenvalue weighted by atomic mass is 15.0. The molecular formula is C9H18N4. The van der Waals surface area contributed by atoms with Gasteiger partial charge in [-0.1, -0.05) is 7.43 Å². The number of hydrogen-bond acceptors (Lipinski definition) is 4. The van der Waals surface area contributed by atoms with Crippen molar-refractivity contribution in [2.75, 3.05) is 7.05 Å². The Morgan fingerprint density at radius 3 is 2.77 bits per heavy atom. The lowest BCUT2D eigenvalue weighted by Gasteiger charge is -1.95. The Kier molecular flexibility index (Phi) is 5.18. The average Bonchev–Trinajstić information content (AvgIpc) is 2.54. The van der Waals surface area contributed by atoms with E-state index in [0.29, 0.717) is 0 Å². The van der Waals surface area contributed by atoms with Crippen LogP contribution in [0.1, 0.15) is 24.5 Å². The van der Waals surface area contributed by atoms with Gasteiger partial charge in [-0.2, -0.15) is 0 Å². The van der Waals surface area contributed by atoms with Gasteiger partial charge in [0.2, 0.25) is 0 Å². The molecule has 1 aromatic heterocycles. The standard InChI is InChI=1S/C7H9N3.CH5N.CH4/c1-5-9-3-6-2-8-4-7(6)10-5;1-2;/h3,8H,2,4H2,1H3;2H2,1H3;1H4. The third-order valence-corrected chi connectivity index (χ3v) is 1.68. The molecule has 13 heavy (non-hydrogen) atoms. The van der Waals surface area contributed by atoms with Crippen molar-refractivity contribution in [2.24, 2.45) is 5.73 Å². The van der Waals surface area contributed by atoms with Crippen LogP contribution in [-0.2, 0) is 13.1 Å². The highest BCUT2D eigenvalue weighted by Crippen LogP contribution is 2.10. The molecule has 0 aliphatic carbocycles. The zero-order valence-electron chi connectivity index (χ0n) is 7.46. The maximum atomic E-state index is 4.50. The first-order valence-electron chi connectivity index (χ1n) is 3.96. The minimum absolute atomic E-state index is 0. The summed E-state index contributed by atoms with van der Waals surface area (Å²) in [5, 5.41) is 3.21. The second-order valence-corrected chi connectivity index (χ2v) is 2.49. The Labute approximate surface area is 79.6 Å². The van der Waals surface area contributed by atoms with E-state index in [1.54, 1.807) is 0 Å². The predicted octanol–water partition coefficient (Wildman–Crippen LogP) is 0.599.